The fraction of sp³-hybridized carbons (Fsp3) is 0.611. The number of aliphatic imine (C=N–C) groups is 1. The molecular formula is C18H30IN5O2. The summed E-state index contributed by atoms with van der Waals surface area (Å²) < 4.78 is 0. The van der Waals surface area contributed by atoms with Crippen LogP contribution in [0.15, 0.2) is 29.3 Å². The lowest BCUT2D eigenvalue weighted by molar-refractivity contribution is -0.384. The fourth-order valence-corrected chi connectivity index (χ4v) is 3.08. The van der Waals surface area contributed by atoms with Crippen LogP contribution in [0.1, 0.15) is 39.2 Å². The number of benzene rings is 1. The molecule has 2 N–H and O–H groups in total. The largest absolute Gasteiger partial charge is 0.355 e. The smallest absolute Gasteiger partial charge is 0.269 e. The van der Waals surface area contributed by atoms with E-state index in [0.29, 0.717) is 12.6 Å². The van der Waals surface area contributed by atoms with Crippen LogP contribution in [0, 0.1) is 10.1 Å². The molecule has 0 bridgehead atoms. The third-order valence-electron chi connectivity index (χ3n) is 4.40. The van der Waals surface area contributed by atoms with Crippen LogP contribution < -0.4 is 10.6 Å². The van der Waals surface area contributed by atoms with Gasteiger partial charge in [-0.25, -0.2) is 4.99 Å². The van der Waals surface area contributed by atoms with Gasteiger partial charge in [-0.3, -0.25) is 15.0 Å². The Morgan fingerprint density at radius 3 is 2.65 bits per heavy atom. The minimum Gasteiger partial charge on any atom is -0.355 e. The van der Waals surface area contributed by atoms with Crippen LogP contribution >= 0.6 is 24.0 Å². The molecule has 1 aromatic carbocycles. The maximum atomic E-state index is 10.7. The quantitative estimate of drug-likeness (QED) is 0.208. The van der Waals surface area contributed by atoms with Crippen LogP contribution in [0.4, 0.5) is 5.69 Å². The number of likely N-dealkylation sites (tertiary alicyclic amines) is 1. The minimum absolute atomic E-state index is 0. The van der Waals surface area contributed by atoms with Crippen molar-refractivity contribution >= 4 is 35.6 Å². The number of likely N-dealkylation sites (N-methyl/N-ethyl adjacent to an activating group) is 1. The first kappa shape index (κ1) is 22.6. The summed E-state index contributed by atoms with van der Waals surface area (Å²) in [5.41, 5.74) is 1.05. The van der Waals surface area contributed by atoms with Gasteiger partial charge in [0.25, 0.3) is 5.69 Å². The van der Waals surface area contributed by atoms with Crippen LogP contribution in [-0.2, 0) is 6.54 Å². The summed E-state index contributed by atoms with van der Waals surface area (Å²) in [6, 6.07) is 7.39. The molecule has 0 aromatic heterocycles. The summed E-state index contributed by atoms with van der Waals surface area (Å²) in [6.45, 7) is 9.99. The Hall–Kier alpha value is -1.42. The lowest BCUT2D eigenvalue weighted by Gasteiger charge is -2.24. The van der Waals surface area contributed by atoms with Crippen molar-refractivity contribution in [2.24, 2.45) is 4.99 Å². The topological polar surface area (TPSA) is 82.8 Å². The number of nitrogens with one attached hydrogen (secondary N) is 2. The highest BCUT2D eigenvalue weighted by molar-refractivity contribution is 14.0. The molecule has 0 radical (unpaired) electrons. The normalized spacial score (nSPS) is 17.8. The molecule has 1 atom stereocenters. The Morgan fingerprint density at radius 2 is 2.08 bits per heavy atom. The van der Waals surface area contributed by atoms with Gasteiger partial charge in [0.1, 0.15) is 0 Å². The highest BCUT2D eigenvalue weighted by atomic mass is 127. The van der Waals surface area contributed by atoms with Gasteiger partial charge in [0.05, 0.1) is 11.5 Å². The predicted octanol–water partition coefficient (Wildman–Crippen LogP) is 3.14. The zero-order valence-corrected chi connectivity index (χ0v) is 18.1. The molecule has 0 saturated carbocycles. The first-order chi connectivity index (χ1) is 12.0. The summed E-state index contributed by atoms with van der Waals surface area (Å²) >= 11 is 0. The number of nitro groups is 1. The van der Waals surface area contributed by atoms with Crippen molar-refractivity contribution in [3.63, 3.8) is 0 Å². The molecule has 1 aliphatic rings. The van der Waals surface area contributed by atoms with E-state index in [1.807, 2.05) is 0 Å². The van der Waals surface area contributed by atoms with Gasteiger partial charge in [0.15, 0.2) is 5.96 Å². The van der Waals surface area contributed by atoms with Gasteiger partial charge in [-0.1, -0.05) is 19.1 Å². The monoisotopic (exact) mass is 475 g/mol. The van der Waals surface area contributed by atoms with E-state index >= 15 is 0 Å². The summed E-state index contributed by atoms with van der Waals surface area (Å²) in [6.07, 6.45) is 2.48. The Labute approximate surface area is 172 Å². The third kappa shape index (κ3) is 7.06. The first-order valence-electron chi connectivity index (χ1n) is 9.01. The molecule has 0 spiro atoms. The maximum absolute atomic E-state index is 10.7. The maximum Gasteiger partial charge on any atom is 0.269 e. The molecular weight excluding hydrogens is 445 g/mol. The van der Waals surface area contributed by atoms with E-state index in [9.17, 15) is 10.1 Å². The molecule has 146 valence electrons. The lowest BCUT2D eigenvalue weighted by atomic mass is 10.2. The Morgan fingerprint density at radius 1 is 1.38 bits per heavy atom. The number of non-ortho nitro benzene ring substituents is 1. The van der Waals surface area contributed by atoms with Crippen LogP contribution in [0.5, 0.6) is 0 Å². The van der Waals surface area contributed by atoms with Crippen molar-refractivity contribution in [2.45, 2.75) is 52.2 Å². The number of halogens is 1. The van der Waals surface area contributed by atoms with Gasteiger partial charge in [0, 0.05) is 30.8 Å². The van der Waals surface area contributed by atoms with Crippen LogP contribution in [0.25, 0.3) is 0 Å². The van der Waals surface area contributed by atoms with Gasteiger partial charge >= 0.3 is 0 Å². The van der Waals surface area contributed by atoms with E-state index in [1.54, 1.807) is 12.1 Å². The molecule has 26 heavy (non-hydrogen) atoms. The van der Waals surface area contributed by atoms with Crippen LogP contribution in [0.3, 0.4) is 0 Å². The van der Waals surface area contributed by atoms with Crippen LogP contribution in [-0.4, -0.2) is 47.5 Å². The number of hydrogen-bond acceptors (Lipinski definition) is 4. The fourth-order valence-electron chi connectivity index (χ4n) is 3.08. The van der Waals surface area contributed by atoms with E-state index in [4.69, 9.17) is 0 Å². The van der Waals surface area contributed by atoms with Gasteiger partial charge in [-0.2, -0.15) is 0 Å². The third-order valence-corrected chi connectivity index (χ3v) is 4.40. The van der Waals surface area contributed by atoms with Crippen molar-refractivity contribution in [3.05, 3.63) is 39.9 Å². The lowest BCUT2D eigenvalue weighted by Crippen LogP contribution is -2.46. The second-order valence-corrected chi connectivity index (χ2v) is 6.69. The zero-order chi connectivity index (χ0) is 18.2. The second kappa shape index (κ2) is 11.3. The van der Waals surface area contributed by atoms with Gasteiger partial charge in [-0.15, -0.1) is 24.0 Å². The molecule has 1 saturated heterocycles. The Kier molecular flexibility index (Phi) is 9.85. The van der Waals surface area contributed by atoms with Gasteiger partial charge < -0.3 is 10.6 Å². The molecule has 1 heterocycles. The summed E-state index contributed by atoms with van der Waals surface area (Å²) in [7, 11) is 0. The predicted molar refractivity (Wildman–Crippen MR) is 116 cm³/mol. The van der Waals surface area contributed by atoms with Crippen molar-refractivity contribution in [1.82, 2.24) is 15.5 Å². The first-order valence-corrected chi connectivity index (χ1v) is 9.01. The summed E-state index contributed by atoms with van der Waals surface area (Å²) in [5, 5.41) is 17.5. The SMILES string of the molecule is CCN1CCCC1CNC(=NCc1ccc([N+](=O)[O-])cc1)NC(C)C.I. The Balaban J connectivity index is 0.00000338. The van der Waals surface area contributed by atoms with E-state index in [-0.39, 0.29) is 40.6 Å². The highest BCUT2D eigenvalue weighted by Gasteiger charge is 2.22. The van der Waals surface area contributed by atoms with E-state index < -0.39 is 0 Å². The van der Waals surface area contributed by atoms with Crippen molar-refractivity contribution in [2.75, 3.05) is 19.6 Å². The van der Waals surface area contributed by atoms with E-state index in [1.165, 1.54) is 31.5 Å². The zero-order valence-electron chi connectivity index (χ0n) is 15.8. The summed E-state index contributed by atoms with van der Waals surface area (Å²) in [5.74, 6) is 0.788. The molecule has 1 fully saturated rings. The standard InChI is InChI=1S/C18H29N5O2.HI/c1-4-22-11-5-6-17(22)13-20-18(21-14(2)3)19-12-15-7-9-16(10-8-15)23(24)25;/h7-10,14,17H,4-6,11-13H2,1-3H3,(H2,19,20,21);1H. The number of hydrogen-bond donors (Lipinski definition) is 2. The molecule has 0 amide bonds. The number of nitro benzene ring substituents is 1. The van der Waals surface area contributed by atoms with Crippen molar-refractivity contribution in [1.29, 1.82) is 0 Å². The highest BCUT2D eigenvalue weighted by Crippen LogP contribution is 2.15. The molecule has 2 rings (SSSR count). The van der Waals surface area contributed by atoms with Crippen molar-refractivity contribution < 1.29 is 4.92 Å². The van der Waals surface area contributed by atoms with Crippen LogP contribution in [0.2, 0.25) is 0 Å². The molecule has 0 aliphatic carbocycles. The van der Waals surface area contributed by atoms with E-state index in [2.05, 4.69) is 41.3 Å². The number of rotatable bonds is 7. The van der Waals surface area contributed by atoms with Gasteiger partial charge in [0.2, 0.25) is 0 Å². The average molecular weight is 475 g/mol. The molecule has 1 aromatic rings. The van der Waals surface area contributed by atoms with Crippen molar-refractivity contribution in [3.8, 4) is 0 Å². The molecule has 7 nitrogen and oxygen atoms in total. The molecule has 8 heteroatoms. The van der Waals surface area contributed by atoms with Gasteiger partial charge in [-0.05, 0) is 45.3 Å². The number of guanidine groups is 1. The second-order valence-electron chi connectivity index (χ2n) is 6.69. The molecule has 1 aliphatic heterocycles. The van der Waals surface area contributed by atoms with E-state index in [0.717, 1.165) is 24.6 Å². The molecule has 1 unspecified atom stereocenters. The summed E-state index contributed by atoms with van der Waals surface area (Å²) in [4.78, 5) is 17.5. The Bertz CT molecular complexity index is 592. The average Bonchev–Trinajstić information content (AvgIpc) is 3.04. The number of nitrogens with zero attached hydrogens (tertiary/aromatic N) is 3. The minimum atomic E-state index is -0.387.